The number of fused-ring (bicyclic) bond motifs is 2. The van der Waals surface area contributed by atoms with Crippen molar-refractivity contribution in [2.45, 2.75) is 118 Å². The fourth-order valence-corrected chi connectivity index (χ4v) is 11.7. The summed E-state index contributed by atoms with van der Waals surface area (Å²) in [5, 5.41) is 47.7. The predicted molar refractivity (Wildman–Crippen MR) is 306 cm³/mol. The number of carbonyl (C=O) groups excluding carboxylic acids is 3. The number of amides is 1. The molecule has 5 aromatic rings. The summed E-state index contributed by atoms with van der Waals surface area (Å²) in [5.41, 5.74) is 1.55. The fraction of sp³-hybridized carbons (Fsp3) is 0.484. The average Bonchev–Trinajstić information content (AvgIpc) is 3.94. The maximum absolute atomic E-state index is 15.2. The zero-order valence-electron chi connectivity index (χ0n) is 47.9. The number of benzene rings is 4. The second kappa shape index (κ2) is 24.6. The fourth-order valence-electron chi connectivity index (χ4n) is 11.7. The molecule has 1 amide bonds. The Bertz CT molecular complexity index is 3410. The van der Waals surface area contributed by atoms with Crippen LogP contribution in [0, 0.1) is 36.5 Å². The minimum atomic E-state index is -2.13. The first-order chi connectivity index (χ1) is 39.1. The van der Waals surface area contributed by atoms with E-state index in [2.05, 4.69) is 27.2 Å². The minimum Gasteiger partial charge on any atom is -0.505 e. The van der Waals surface area contributed by atoms with Gasteiger partial charge in [0.1, 0.15) is 35.2 Å². The number of piperidine rings is 1. The zero-order valence-corrected chi connectivity index (χ0v) is 47.9. The van der Waals surface area contributed by atoms with Crippen LogP contribution in [0.5, 0.6) is 17.2 Å². The summed E-state index contributed by atoms with van der Waals surface area (Å²) >= 11 is 0. The number of nitrogens with zero attached hydrogens (tertiary/aromatic N) is 3. The van der Waals surface area contributed by atoms with Gasteiger partial charge in [0.15, 0.2) is 28.1 Å². The number of aromatic hydroxyl groups is 1. The number of carbonyl (C=O) groups is 4. The number of aromatic nitrogens is 1. The number of nitrogens with one attached hydrogen (secondary N) is 1. The number of anilines is 2. The number of ether oxygens (including phenoxy) is 6. The summed E-state index contributed by atoms with van der Waals surface area (Å²) in [4.78, 5) is 78.3. The van der Waals surface area contributed by atoms with Gasteiger partial charge in [0.25, 0.3) is 11.7 Å². The van der Waals surface area contributed by atoms with E-state index in [4.69, 9.17) is 37.8 Å². The van der Waals surface area contributed by atoms with Crippen molar-refractivity contribution in [3.8, 4) is 17.2 Å². The monoisotopic (exact) mass is 1130 g/mol. The molecule has 438 valence electrons. The molecule has 9 rings (SSSR count). The van der Waals surface area contributed by atoms with Crippen molar-refractivity contribution in [1.29, 1.82) is 0 Å². The standard InChI is InChI=1S/C62H74N4O16/c1-32-11-10-12-33(2)61(75)64-52-56(73)48-47(49-58(37(6)55(48)72)82-62(8,60(49)74)79-24-19-43(76-9)34(3)57(80-38(7)67)36(5)54(71)35(4)53(32)70)51-59(52)81-45-29-42(66-20-17-39(18-21-66)27-46(68)69)28-44(50(45)63-51)78-31-41-15-13-40(14-16-41)30-65-22-25-77-26-23-65/h10-16,19,24,28-29,32,34-36,39,43,53-54,57,70-71,73H,17-18,20-23,25-27,30-31H2,1-9H3,(H,64,75)(H,68,69)/b11-10+,24-19+,33-12-/t32-,34+,35+,36+,43-,53-,54+,57+,62-/m0/s1. The van der Waals surface area contributed by atoms with Crippen LogP contribution in [-0.4, -0.2) is 131 Å². The maximum atomic E-state index is 15.2. The molecule has 4 aliphatic heterocycles. The largest absolute Gasteiger partial charge is 0.505 e. The highest BCUT2D eigenvalue weighted by Gasteiger charge is 2.50. The van der Waals surface area contributed by atoms with Crippen LogP contribution in [0.3, 0.4) is 0 Å². The molecule has 0 radical (unpaired) electrons. The van der Waals surface area contributed by atoms with Gasteiger partial charge < -0.3 is 63.5 Å². The van der Waals surface area contributed by atoms with Gasteiger partial charge in [-0.15, -0.1) is 0 Å². The number of phenolic OH excluding ortho intramolecular Hbond substituents is 1. The topological polar surface area (TPSA) is 266 Å². The molecule has 1 aromatic heterocycles. The molecule has 2 saturated heterocycles. The molecule has 4 aromatic carbocycles. The summed E-state index contributed by atoms with van der Waals surface area (Å²) in [6.07, 6.45) is 4.70. The van der Waals surface area contributed by atoms with Crippen LogP contribution in [0.2, 0.25) is 0 Å². The first-order valence-electron chi connectivity index (χ1n) is 28.0. The summed E-state index contributed by atoms with van der Waals surface area (Å²) < 4.78 is 43.3. The Hall–Kier alpha value is -7.36. The van der Waals surface area contributed by atoms with Crippen LogP contribution in [0.15, 0.2) is 81.7 Å². The van der Waals surface area contributed by atoms with Gasteiger partial charge in [-0.05, 0) is 49.8 Å². The molecule has 20 nitrogen and oxygen atoms in total. The lowest BCUT2D eigenvalue weighted by atomic mass is 9.78. The Morgan fingerprint density at radius 3 is 2.26 bits per heavy atom. The Morgan fingerprint density at radius 1 is 0.890 bits per heavy atom. The first-order valence-corrected chi connectivity index (χ1v) is 28.0. The molecule has 5 N–H and O–H groups in total. The number of aliphatic carboxylic acids is 1. The van der Waals surface area contributed by atoms with Gasteiger partial charge in [-0.25, -0.2) is 4.98 Å². The van der Waals surface area contributed by atoms with Crippen molar-refractivity contribution in [3.63, 3.8) is 0 Å². The zero-order chi connectivity index (χ0) is 58.9. The molecule has 0 saturated carbocycles. The van der Waals surface area contributed by atoms with Crippen molar-refractivity contribution in [2.24, 2.45) is 29.6 Å². The molecule has 9 atom stereocenters. The van der Waals surface area contributed by atoms with E-state index in [-0.39, 0.29) is 85.8 Å². The highest BCUT2D eigenvalue weighted by Crippen LogP contribution is 2.49. The predicted octanol–water partition coefficient (Wildman–Crippen LogP) is 8.10. The second-order valence-electron chi connectivity index (χ2n) is 22.5. The molecule has 5 heterocycles. The maximum Gasteiger partial charge on any atom is 0.312 e. The molecular weight excluding hydrogens is 1060 g/mol. The van der Waals surface area contributed by atoms with Gasteiger partial charge in [-0.3, -0.25) is 28.9 Å². The van der Waals surface area contributed by atoms with E-state index < -0.39 is 88.7 Å². The average molecular weight is 1130 g/mol. The molecule has 20 heteroatoms. The van der Waals surface area contributed by atoms with E-state index in [1.165, 1.54) is 53.2 Å². The number of carboxylic acids is 1. The van der Waals surface area contributed by atoms with Crippen LogP contribution in [-0.2, 0) is 46.5 Å². The van der Waals surface area contributed by atoms with Gasteiger partial charge in [0, 0.05) is 118 Å². The summed E-state index contributed by atoms with van der Waals surface area (Å²) in [7, 11) is 1.44. The number of aliphatic hydroxyl groups is 2. The molecule has 0 spiro atoms. The number of rotatable bonds is 10. The number of morpholine rings is 1. The Balaban J connectivity index is 1.22. The Labute approximate surface area is 475 Å². The van der Waals surface area contributed by atoms with Crippen LogP contribution in [0.25, 0.3) is 33.0 Å². The van der Waals surface area contributed by atoms with Crippen molar-refractivity contribution in [1.82, 2.24) is 9.88 Å². The Morgan fingerprint density at radius 2 is 1.59 bits per heavy atom. The molecule has 2 fully saturated rings. The number of carboxylic acid groups (broad SMARTS) is 1. The molecular formula is C62H74N4O16. The van der Waals surface area contributed by atoms with E-state index >= 15 is 4.79 Å². The van der Waals surface area contributed by atoms with Crippen molar-refractivity contribution >= 4 is 68.0 Å². The second-order valence-corrected chi connectivity index (χ2v) is 22.5. The number of phenols is 1. The quantitative estimate of drug-likeness (QED) is 0.0383. The Kier molecular flexibility index (Phi) is 17.8. The lowest BCUT2D eigenvalue weighted by Crippen LogP contribution is -2.46. The van der Waals surface area contributed by atoms with E-state index in [0.717, 1.165) is 30.8 Å². The number of allylic oxidation sites excluding steroid dienone is 2. The summed E-state index contributed by atoms with van der Waals surface area (Å²) in [6.45, 7) is 17.5. The number of esters is 1. The van der Waals surface area contributed by atoms with Gasteiger partial charge in [-0.1, -0.05) is 70.2 Å². The third kappa shape index (κ3) is 12.1. The molecule has 4 bridgehead atoms. The van der Waals surface area contributed by atoms with Gasteiger partial charge >= 0.3 is 17.7 Å². The third-order valence-electron chi connectivity index (χ3n) is 16.8. The van der Waals surface area contributed by atoms with Gasteiger partial charge in [0.2, 0.25) is 0 Å². The van der Waals surface area contributed by atoms with Crippen LogP contribution in [0.1, 0.15) is 94.8 Å². The number of ketones is 1. The van der Waals surface area contributed by atoms with Crippen molar-refractivity contribution in [3.05, 3.63) is 105 Å². The normalized spacial score (nSPS) is 27.6. The number of hydrogen-bond acceptors (Lipinski definition) is 18. The van der Waals surface area contributed by atoms with Crippen LogP contribution < -0.4 is 25.1 Å². The van der Waals surface area contributed by atoms with Crippen molar-refractivity contribution < 1.29 is 72.4 Å². The van der Waals surface area contributed by atoms with Gasteiger partial charge in [-0.2, -0.15) is 0 Å². The van der Waals surface area contributed by atoms with E-state index in [1.807, 2.05) is 18.2 Å². The van der Waals surface area contributed by atoms with E-state index in [9.17, 15) is 39.6 Å². The molecule has 0 unspecified atom stereocenters. The first kappa shape index (κ1) is 59.3. The summed E-state index contributed by atoms with van der Waals surface area (Å²) in [5.74, 6) is -8.30. The van der Waals surface area contributed by atoms with Gasteiger partial charge in [0.05, 0.1) is 48.7 Å². The number of hydrogen-bond donors (Lipinski definition) is 5. The van der Waals surface area contributed by atoms with Crippen molar-refractivity contribution in [2.75, 3.05) is 56.7 Å². The number of aliphatic hydroxyl groups excluding tert-OH is 2. The highest BCUT2D eigenvalue weighted by atomic mass is 16.7. The lowest BCUT2D eigenvalue weighted by Gasteiger charge is -2.38. The van der Waals surface area contributed by atoms with Crippen LogP contribution >= 0.6 is 0 Å². The molecule has 82 heavy (non-hydrogen) atoms. The van der Waals surface area contributed by atoms with Crippen LogP contribution in [0.4, 0.5) is 11.4 Å². The van der Waals surface area contributed by atoms with E-state index in [1.54, 1.807) is 45.9 Å². The third-order valence-corrected chi connectivity index (χ3v) is 16.8. The smallest absolute Gasteiger partial charge is 0.312 e. The molecule has 0 aliphatic carbocycles. The number of Topliss-reactive ketones (excluding diaryl/α,β-unsaturated/α-hetero) is 1. The molecule has 4 aliphatic rings. The van der Waals surface area contributed by atoms with E-state index in [0.29, 0.717) is 44.8 Å². The summed E-state index contributed by atoms with van der Waals surface area (Å²) in [6, 6.07) is 11.7. The SMILES string of the molecule is CO[C@H]1/C=C/O[C@@]2(C)Oc3c(C)c(=O)c4c(O)c(c5oc6cc(N7CCC(CC(=O)O)CC7)cc(OCc7ccc(CN8CCOCC8)cc7)c6nc5c4c3C2=O)NC(=O)/C(C)=C\C=C\[C@H](C)[C@H](O)[C@@H](C)[C@@H](O)[C@@H](C)[C@H](OC(C)=O)[C@@H]1C. The minimum absolute atomic E-state index is 0.0165. The lowest BCUT2D eigenvalue weighted by molar-refractivity contribution is -0.160. The highest BCUT2D eigenvalue weighted by molar-refractivity contribution is 6.26. The number of methoxy groups -OCH3 is 1.